The van der Waals surface area contributed by atoms with E-state index < -0.39 is 48.7 Å². The summed E-state index contributed by atoms with van der Waals surface area (Å²) in [7, 11) is 0. The fraction of sp³-hybridized carbons (Fsp3) is 0.588. The van der Waals surface area contributed by atoms with E-state index in [1.807, 2.05) is 0 Å². The summed E-state index contributed by atoms with van der Waals surface area (Å²) in [6.45, 7) is 4.36. The Morgan fingerprint density at radius 3 is 1.77 bits per heavy atom. The zero-order valence-electron chi connectivity index (χ0n) is 14.6. The minimum atomic E-state index is -4.80. The maximum absolute atomic E-state index is 13.0. The molecule has 3 nitrogen and oxygen atoms in total. The van der Waals surface area contributed by atoms with E-state index >= 15 is 0 Å². The van der Waals surface area contributed by atoms with E-state index in [9.17, 15) is 31.1 Å². The number of carbonyl (C=O) groups is 1. The molecule has 0 aliphatic rings. The van der Waals surface area contributed by atoms with Gasteiger partial charge in [0.05, 0.1) is 12.8 Å². The molecule has 0 amide bonds. The smallest absolute Gasteiger partial charge is 0.393 e. The summed E-state index contributed by atoms with van der Waals surface area (Å²) >= 11 is 0. The Labute approximate surface area is 147 Å². The molecule has 1 rings (SSSR count). The van der Waals surface area contributed by atoms with Crippen molar-refractivity contribution in [3.05, 3.63) is 35.4 Å². The highest BCUT2D eigenvalue weighted by Gasteiger charge is 2.47. The summed E-state index contributed by atoms with van der Waals surface area (Å²) in [6, 6.07) is 5.08. The predicted octanol–water partition coefficient (Wildman–Crippen LogP) is 4.33. The van der Waals surface area contributed by atoms with Crippen LogP contribution in [0.3, 0.4) is 0 Å². The predicted molar refractivity (Wildman–Crippen MR) is 83.3 cm³/mol. The van der Waals surface area contributed by atoms with Gasteiger partial charge in [-0.25, -0.2) is 0 Å². The van der Waals surface area contributed by atoms with Gasteiger partial charge in [0, 0.05) is 6.42 Å². The molecule has 0 saturated heterocycles. The molecule has 0 spiro atoms. The number of ether oxygens (including phenoxy) is 1. The van der Waals surface area contributed by atoms with Crippen molar-refractivity contribution in [1.29, 1.82) is 0 Å². The van der Waals surface area contributed by atoms with Crippen molar-refractivity contribution >= 4 is 5.97 Å². The molecule has 0 aliphatic heterocycles. The Morgan fingerprint density at radius 1 is 0.923 bits per heavy atom. The Balaban J connectivity index is 3.24. The summed E-state index contributed by atoms with van der Waals surface area (Å²) in [4.78, 5) is 12.3. The lowest BCUT2D eigenvalue weighted by molar-refractivity contribution is -0.179. The Morgan fingerprint density at radius 2 is 1.38 bits per heavy atom. The summed E-state index contributed by atoms with van der Waals surface area (Å²) in [5, 5.41) is 0. The Kier molecular flexibility index (Phi) is 6.39. The second kappa shape index (κ2) is 7.46. The maximum atomic E-state index is 13.0. The zero-order valence-corrected chi connectivity index (χ0v) is 14.6. The molecule has 0 fully saturated rings. The van der Waals surface area contributed by atoms with Gasteiger partial charge >= 0.3 is 18.3 Å². The molecule has 1 aromatic rings. The summed E-state index contributed by atoms with van der Waals surface area (Å²) in [5.74, 6) is -1.32. The molecule has 0 saturated carbocycles. The number of alkyl halides is 6. The molecule has 0 aliphatic carbocycles. The lowest BCUT2D eigenvalue weighted by Gasteiger charge is -2.32. The first-order valence-corrected chi connectivity index (χ1v) is 7.73. The normalized spacial score (nSPS) is 15.5. The van der Waals surface area contributed by atoms with Gasteiger partial charge in [0.2, 0.25) is 0 Å². The van der Waals surface area contributed by atoms with Crippen LogP contribution in [0.5, 0.6) is 0 Å². The van der Waals surface area contributed by atoms with Crippen LogP contribution in [0.25, 0.3) is 0 Å². The summed E-state index contributed by atoms with van der Waals surface area (Å²) in [5.41, 5.74) is 1.77. The minimum absolute atomic E-state index is 0.0811. The van der Waals surface area contributed by atoms with Gasteiger partial charge in [0.25, 0.3) is 0 Å². The first-order chi connectivity index (χ1) is 11.5. The van der Waals surface area contributed by atoms with Gasteiger partial charge in [-0.2, -0.15) is 26.3 Å². The SMILES string of the molecule is CC(C)(C)OC(=O)[C@](N)(Cc1ccccc1CC(F)(F)F)CC(F)(F)F. The van der Waals surface area contributed by atoms with Crippen molar-refractivity contribution in [2.75, 3.05) is 0 Å². The van der Waals surface area contributed by atoms with Crippen molar-refractivity contribution in [2.45, 2.75) is 63.5 Å². The van der Waals surface area contributed by atoms with E-state index in [4.69, 9.17) is 10.5 Å². The minimum Gasteiger partial charge on any atom is -0.459 e. The lowest BCUT2D eigenvalue weighted by atomic mass is 9.85. The van der Waals surface area contributed by atoms with E-state index in [2.05, 4.69) is 0 Å². The molecule has 0 bridgehead atoms. The molecular weight excluding hydrogens is 364 g/mol. The number of carbonyl (C=O) groups excluding carboxylic acids is 1. The van der Waals surface area contributed by atoms with Crippen LogP contribution in [0, 0.1) is 0 Å². The van der Waals surface area contributed by atoms with Crippen molar-refractivity contribution in [1.82, 2.24) is 0 Å². The molecule has 0 aromatic heterocycles. The second-order valence-electron chi connectivity index (χ2n) is 7.19. The zero-order chi connectivity index (χ0) is 20.4. The standard InChI is InChI=1S/C17H21F6NO2/c1-14(2,3)26-13(25)15(24,10-17(21,22)23)8-11-6-4-5-7-12(11)9-16(18,19)20/h4-7H,8-10,24H2,1-3H3/t15-/m0/s1. The van der Waals surface area contributed by atoms with Crippen LogP contribution in [0.4, 0.5) is 26.3 Å². The monoisotopic (exact) mass is 385 g/mol. The fourth-order valence-electron chi connectivity index (χ4n) is 2.40. The van der Waals surface area contributed by atoms with Crippen LogP contribution in [0.15, 0.2) is 24.3 Å². The fourth-order valence-corrected chi connectivity index (χ4v) is 2.40. The molecule has 0 radical (unpaired) electrons. The van der Waals surface area contributed by atoms with Crippen molar-refractivity contribution < 1.29 is 35.9 Å². The van der Waals surface area contributed by atoms with Gasteiger partial charge in [-0.3, -0.25) is 4.79 Å². The molecular formula is C17H21F6NO2. The highest BCUT2D eigenvalue weighted by molar-refractivity contribution is 5.81. The lowest BCUT2D eigenvalue weighted by Crippen LogP contribution is -2.55. The number of halogens is 6. The van der Waals surface area contributed by atoms with Gasteiger partial charge in [-0.15, -0.1) is 0 Å². The largest absolute Gasteiger partial charge is 0.459 e. The van der Waals surface area contributed by atoms with E-state index in [0.29, 0.717) is 0 Å². The van der Waals surface area contributed by atoms with E-state index in [1.165, 1.54) is 39.0 Å². The first-order valence-electron chi connectivity index (χ1n) is 7.73. The van der Waals surface area contributed by atoms with Gasteiger partial charge < -0.3 is 10.5 Å². The number of benzene rings is 1. The second-order valence-corrected chi connectivity index (χ2v) is 7.19. The molecule has 1 aromatic carbocycles. The molecule has 9 heteroatoms. The molecule has 148 valence electrons. The first kappa shape index (κ1) is 22.3. The van der Waals surface area contributed by atoms with Crippen molar-refractivity contribution in [3.63, 3.8) is 0 Å². The Bertz CT molecular complexity index is 633. The summed E-state index contributed by atoms with van der Waals surface area (Å²) < 4.78 is 81.9. The van der Waals surface area contributed by atoms with Crippen molar-refractivity contribution in [3.8, 4) is 0 Å². The highest BCUT2D eigenvalue weighted by Crippen LogP contribution is 2.32. The maximum Gasteiger partial charge on any atom is 0.393 e. The van der Waals surface area contributed by atoms with Crippen LogP contribution in [-0.2, 0) is 22.4 Å². The van der Waals surface area contributed by atoms with E-state index in [-0.39, 0.29) is 11.1 Å². The van der Waals surface area contributed by atoms with Crippen LogP contribution in [-0.4, -0.2) is 29.5 Å². The molecule has 0 heterocycles. The molecule has 1 atom stereocenters. The third kappa shape index (κ3) is 7.63. The van der Waals surface area contributed by atoms with Gasteiger partial charge in [0.1, 0.15) is 11.1 Å². The molecule has 26 heavy (non-hydrogen) atoms. The molecule has 2 N–H and O–H groups in total. The van der Waals surface area contributed by atoms with E-state index in [0.717, 1.165) is 6.07 Å². The number of rotatable bonds is 5. The molecule has 0 unspecified atom stereocenters. The van der Waals surface area contributed by atoms with Crippen LogP contribution in [0.1, 0.15) is 38.3 Å². The quantitative estimate of drug-likeness (QED) is 0.607. The summed E-state index contributed by atoms with van der Waals surface area (Å²) in [6.07, 6.45) is -13.1. The average Bonchev–Trinajstić information content (AvgIpc) is 2.35. The average molecular weight is 385 g/mol. The topological polar surface area (TPSA) is 52.3 Å². The van der Waals surface area contributed by atoms with Crippen LogP contribution >= 0.6 is 0 Å². The van der Waals surface area contributed by atoms with Gasteiger partial charge in [0.15, 0.2) is 0 Å². The third-order valence-corrected chi connectivity index (χ3v) is 3.34. The van der Waals surface area contributed by atoms with Crippen LogP contribution < -0.4 is 5.73 Å². The number of nitrogens with two attached hydrogens (primary N) is 1. The third-order valence-electron chi connectivity index (χ3n) is 3.34. The number of esters is 1. The number of hydrogen-bond donors (Lipinski definition) is 1. The Hall–Kier alpha value is -1.77. The van der Waals surface area contributed by atoms with Crippen molar-refractivity contribution in [2.24, 2.45) is 5.73 Å². The van der Waals surface area contributed by atoms with Gasteiger partial charge in [-0.05, 0) is 31.9 Å². The van der Waals surface area contributed by atoms with E-state index in [1.54, 1.807) is 0 Å². The number of hydrogen-bond acceptors (Lipinski definition) is 3. The van der Waals surface area contributed by atoms with Crippen LogP contribution in [0.2, 0.25) is 0 Å². The van der Waals surface area contributed by atoms with Gasteiger partial charge in [-0.1, -0.05) is 24.3 Å². The highest BCUT2D eigenvalue weighted by atomic mass is 19.4.